The molecule has 34 heavy (non-hydrogen) atoms. The van der Waals surface area contributed by atoms with E-state index in [1.54, 1.807) is 6.07 Å². The number of nitro groups is 1. The van der Waals surface area contributed by atoms with Crippen LogP contribution < -0.4 is 9.47 Å². The Morgan fingerprint density at radius 3 is 2.56 bits per heavy atom. The lowest BCUT2D eigenvalue weighted by atomic mass is 10.1. The van der Waals surface area contributed by atoms with Crippen molar-refractivity contribution in [2.24, 2.45) is 5.10 Å². The van der Waals surface area contributed by atoms with E-state index < -0.39 is 23.0 Å². The molecule has 0 N–H and O–H groups in total. The summed E-state index contributed by atoms with van der Waals surface area (Å²) in [5.41, 5.74) is 1.69. The number of hydrogen-bond donors (Lipinski definition) is 0. The highest BCUT2D eigenvalue weighted by Gasteiger charge is 2.37. The van der Waals surface area contributed by atoms with Crippen molar-refractivity contribution in [1.29, 1.82) is 0 Å². The fourth-order valence-electron chi connectivity index (χ4n) is 3.67. The molecule has 0 bridgehead atoms. The second-order valence-corrected chi connectivity index (χ2v) is 7.48. The third-order valence-electron chi connectivity index (χ3n) is 5.06. The van der Waals surface area contributed by atoms with Gasteiger partial charge >= 0.3 is 5.97 Å². The summed E-state index contributed by atoms with van der Waals surface area (Å²) in [4.78, 5) is 39.6. The Morgan fingerprint density at radius 1 is 1.18 bits per heavy atom. The number of pyridine rings is 1. The summed E-state index contributed by atoms with van der Waals surface area (Å²) >= 11 is 0. The zero-order chi connectivity index (χ0) is 24.6. The Kier molecular flexibility index (Phi) is 5.84. The highest BCUT2D eigenvalue weighted by molar-refractivity contribution is 6.01. The van der Waals surface area contributed by atoms with Crippen LogP contribution in [0.25, 0.3) is 10.9 Å². The zero-order valence-electron chi connectivity index (χ0n) is 18.8. The Hall–Kier alpha value is -4.54. The summed E-state index contributed by atoms with van der Waals surface area (Å²) in [7, 11) is 1.28. The molecule has 1 aromatic heterocycles. The third kappa shape index (κ3) is 4.10. The van der Waals surface area contributed by atoms with E-state index >= 15 is 0 Å². The lowest BCUT2D eigenvalue weighted by Crippen LogP contribution is -2.25. The maximum atomic E-state index is 12.5. The molecular formula is C23H20N4O7. The van der Waals surface area contributed by atoms with Gasteiger partial charge in [0.05, 0.1) is 29.2 Å². The molecule has 174 valence electrons. The predicted molar refractivity (Wildman–Crippen MR) is 120 cm³/mol. The molecule has 4 rings (SSSR count). The molecule has 1 atom stereocenters. The molecule has 2 aromatic carbocycles. The fraction of sp³-hybridized carbons (Fsp3) is 0.217. The number of nitro benzene ring substituents is 1. The monoisotopic (exact) mass is 464 g/mol. The first kappa shape index (κ1) is 22.6. The number of aromatic nitrogens is 1. The van der Waals surface area contributed by atoms with Crippen LogP contribution in [0, 0.1) is 17.0 Å². The van der Waals surface area contributed by atoms with E-state index in [0.29, 0.717) is 16.8 Å². The number of carbonyl (C=O) groups is 2. The number of hydrogen-bond acceptors (Lipinski definition) is 9. The number of aryl methyl sites for hydroxylation is 1. The molecule has 0 unspecified atom stereocenters. The smallest absolute Gasteiger partial charge is 0.308 e. The lowest BCUT2D eigenvalue weighted by Gasteiger charge is -2.21. The van der Waals surface area contributed by atoms with Gasteiger partial charge in [-0.15, -0.1) is 5.10 Å². The van der Waals surface area contributed by atoms with Gasteiger partial charge < -0.3 is 14.2 Å². The van der Waals surface area contributed by atoms with E-state index in [9.17, 15) is 19.7 Å². The summed E-state index contributed by atoms with van der Waals surface area (Å²) in [5, 5.41) is 17.7. The number of rotatable bonds is 5. The molecule has 1 aliphatic rings. The van der Waals surface area contributed by atoms with Gasteiger partial charge in [-0.3, -0.25) is 24.7 Å². The van der Waals surface area contributed by atoms with Gasteiger partial charge in [-0.2, -0.15) is 5.01 Å². The number of carbonyl (C=O) groups excluding carboxylic acids is 2. The minimum Gasteiger partial charge on any atom is -0.493 e. The normalized spacial score (nSPS) is 15.0. The number of non-ortho nitro benzene ring substituents is 1. The number of hydrazone groups is 1. The van der Waals surface area contributed by atoms with Crippen molar-refractivity contribution in [3.05, 3.63) is 69.4 Å². The van der Waals surface area contributed by atoms with E-state index in [4.69, 9.17) is 14.2 Å². The van der Waals surface area contributed by atoms with Crippen LogP contribution in [-0.2, 0) is 14.3 Å². The van der Waals surface area contributed by atoms with Crippen LogP contribution in [0.5, 0.6) is 11.5 Å². The second-order valence-electron chi connectivity index (χ2n) is 7.48. The molecule has 0 saturated carbocycles. The third-order valence-corrected chi connectivity index (χ3v) is 5.06. The van der Waals surface area contributed by atoms with Crippen LogP contribution in [0.2, 0.25) is 0 Å². The molecule has 0 radical (unpaired) electrons. The molecule has 11 nitrogen and oxygen atoms in total. The van der Waals surface area contributed by atoms with Crippen molar-refractivity contribution in [2.75, 3.05) is 7.11 Å². The summed E-state index contributed by atoms with van der Waals surface area (Å²) in [6, 6.07) is 11.4. The summed E-state index contributed by atoms with van der Waals surface area (Å²) in [6.45, 7) is 4.31. The van der Waals surface area contributed by atoms with Crippen LogP contribution >= 0.6 is 0 Å². The van der Waals surface area contributed by atoms with Crippen molar-refractivity contribution in [3.8, 4) is 11.5 Å². The molecule has 1 aliphatic heterocycles. The highest BCUT2D eigenvalue weighted by Crippen LogP contribution is 2.41. The van der Waals surface area contributed by atoms with E-state index in [1.165, 1.54) is 21.0 Å². The minimum absolute atomic E-state index is 0.00918. The number of methoxy groups -OCH3 is 1. The molecule has 2 heterocycles. The topological polar surface area (TPSA) is 133 Å². The standard InChI is InChI=1S/C23H20N4O7/c1-12-9-17(16-7-5-6-8-19(16)24-12)23-26(13(2)28)25-22(34-23)18-10-15(27(30)31)11-20(32-4)21(18)33-14(3)29/h5-11,23H,1-4H3/t23-/m0/s1. The van der Waals surface area contributed by atoms with Gasteiger partial charge in [0.25, 0.3) is 5.69 Å². The molecule has 0 aliphatic carbocycles. The van der Waals surface area contributed by atoms with Crippen LogP contribution in [-0.4, -0.2) is 39.8 Å². The van der Waals surface area contributed by atoms with Crippen LogP contribution in [0.1, 0.15) is 36.9 Å². The first-order chi connectivity index (χ1) is 16.2. The zero-order valence-corrected chi connectivity index (χ0v) is 18.8. The highest BCUT2D eigenvalue weighted by atomic mass is 16.6. The molecule has 3 aromatic rings. The Morgan fingerprint density at radius 2 is 1.91 bits per heavy atom. The summed E-state index contributed by atoms with van der Waals surface area (Å²) < 4.78 is 16.6. The lowest BCUT2D eigenvalue weighted by molar-refractivity contribution is -0.385. The van der Waals surface area contributed by atoms with Crippen LogP contribution in [0.3, 0.4) is 0 Å². The van der Waals surface area contributed by atoms with Crippen molar-refractivity contribution in [2.45, 2.75) is 27.0 Å². The fourth-order valence-corrected chi connectivity index (χ4v) is 3.67. The molecule has 0 fully saturated rings. The largest absolute Gasteiger partial charge is 0.493 e. The Bertz CT molecular complexity index is 1370. The quantitative estimate of drug-likeness (QED) is 0.242. The van der Waals surface area contributed by atoms with Gasteiger partial charge in [-0.05, 0) is 19.1 Å². The van der Waals surface area contributed by atoms with Gasteiger partial charge in [0.2, 0.25) is 18.0 Å². The van der Waals surface area contributed by atoms with Crippen molar-refractivity contribution >= 4 is 34.4 Å². The van der Waals surface area contributed by atoms with Gasteiger partial charge in [0, 0.05) is 36.6 Å². The molecule has 1 amide bonds. The van der Waals surface area contributed by atoms with Crippen LogP contribution in [0.15, 0.2) is 47.6 Å². The number of benzene rings is 2. The van der Waals surface area contributed by atoms with Gasteiger partial charge in [-0.1, -0.05) is 18.2 Å². The van der Waals surface area contributed by atoms with Gasteiger partial charge in [0.15, 0.2) is 11.5 Å². The Balaban J connectivity index is 1.89. The second kappa shape index (κ2) is 8.77. The van der Waals surface area contributed by atoms with Gasteiger partial charge in [-0.25, -0.2) is 0 Å². The van der Waals surface area contributed by atoms with E-state index in [0.717, 1.165) is 22.5 Å². The average molecular weight is 464 g/mol. The number of nitrogens with zero attached hydrogens (tertiary/aromatic N) is 4. The number of para-hydroxylation sites is 1. The van der Waals surface area contributed by atoms with Crippen molar-refractivity contribution in [3.63, 3.8) is 0 Å². The first-order valence-corrected chi connectivity index (χ1v) is 10.2. The van der Waals surface area contributed by atoms with Crippen LogP contribution in [0.4, 0.5) is 5.69 Å². The minimum atomic E-state index is -0.977. The van der Waals surface area contributed by atoms with E-state index in [1.807, 2.05) is 31.2 Å². The summed E-state index contributed by atoms with van der Waals surface area (Å²) in [5.74, 6) is -1.42. The summed E-state index contributed by atoms with van der Waals surface area (Å²) in [6.07, 6.45) is -0.977. The van der Waals surface area contributed by atoms with Crippen molar-refractivity contribution < 1.29 is 28.7 Å². The average Bonchev–Trinajstić information content (AvgIpc) is 3.23. The maximum absolute atomic E-state index is 12.5. The SMILES string of the molecule is COc1cc([N+](=O)[O-])cc(C2=NN(C(C)=O)[C@H](c3cc(C)nc4ccccc34)O2)c1OC(C)=O. The predicted octanol–water partition coefficient (Wildman–Crippen LogP) is 3.62. The number of amides is 1. The molecular weight excluding hydrogens is 444 g/mol. The number of esters is 1. The number of ether oxygens (including phenoxy) is 3. The first-order valence-electron chi connectivity index (χ1n) is 10.2. The van der Waals surface area contributed by atoms with Crippen molar-refractivity contribution in [1.82, 2.24) is 9.99 Å². The number of fused-ring (bicyclic) bond motifs is 1. The van der Waals surface area contributed by atoms with E-state index in [-0.39, 0.29) is 28.6 Å². The molecule has 11 heteroatoms. The van der Waals surface area contributed by atoms with Gasteiger partial charge in [0.1, 0.15) is 0 Å². The maximum Gasteiger partial charge on any atom is 0.308 e. The molecule has 0 spiro atoms. The molecule has 0 saturated heterocycles. The van der Waals surface area contributed by atoms with E-state index in [2.05, 4.69) is 10.1 Å². The Labute approximate surface area is 193 Å².